The normalized spacial score (nSPS) is 21.4. The second-order valence-electron chi connectivity index (χ2n) is 4.91. The molecule has 1 aromatic heterocycles. The summed E-state index contributed by atoms with van der Waals surface area (Å²) in [4.78, 5) is 18.2. The highest BCUT2D eigenvalue weighted by molar-refractivity contribution is 5.92. The van der Waals surface area contributed by atoms with Gasteiger partial charge in [0.1, 0.15) is 12.3 Å². The van der Waals surface area contributed by atoms with Crippen LogP contribution in [0.5, 0.6) is 0 Å². The van der Waals surface area contributed by atoms with Crippen LogP contribution in [0.25, 0.3) is 0 Å². The van der Waals surface area contributed by atoms with Crippen molar-refractivity contribution in [3.63, 3.8) is 0 Å². The monoisotopic (exact) mass is 274 g/mol. The maximum atomic E-state index is 12.4. The SMILES string of the molecule is CC1CCN(C(=O)c2ccc(C#CCO)cn2)C1CO. The number of aliphatic hydroxyl groups is 2. The number of aliphatic hydroxyl groups excluding tert-OH is 2. The van der Waals surface area contributed by atoms with Crippen molar-refractivity contribution in [3.8, 4) is 11.8 Å². The van der Waals surface area contributed by atoms with Gasteiger partial charge in [-0.25, -0.2) is 4.98 Å². The molecule has 106 valence electrons. The third-order valence-corrected chi connectivity index (χ3v) is 3.62. The van der Waals surface area contributed by atoms with Gasteiger partial charge >= 0.3 is 0 Å². The van der Waals surface area contributed by atoms with Gasteiger partial charge in [-0.2, -0.15) is 0 Å². The van der Waals surface area contributed by atoms with E-state index < -0.39 is 0 Å². The van der Waals surface area contributed by atoms with E-state index in [-0.39, 0.29) is 25.2 Å². The Morgan fingerprint density at radius 1 is 1.50 bits per heavy atom. The second-order valence-corrected chi connectivity index (χ2v) is 4.91. The average molecular weight is 274 g/mol. The molecule has 0 radical (unpaired) electrons. The van der Waals surface area contributed by atoms with Crippen LogP contribution in [0.15, 0.2) is 18.3 Å². The molecule has 0 spiro atoms. The van der Waals surface area contributed by atoms with E-state index in [0.29, 0.717) is 23.7 Å². The maximum Gasteiger partial charge on any atom is 0.272 e. The molecule has 0 bridgehead atoms. The van der Waals surface area contributed by atoms with Crippen LogP contribution in [0.1, 0.15) is 29.4 Å². The molecule has 2 heterocycles. The van der Waals surface area contributed by atoms with Gasteiger partial charge in [0.2, 0.25) is 0 Å². The number of nitrogens with zero attached hydrogens (tertiary/aromatic N) is 2. The predicted molar refractivity (Wildman–Crippen MR) is 73.9 cm³/mol. The Balaban J connectivity index is 2.13. The number of likely N-dealkylation sites (tertiary alicyclic amines) is 1. The average Bonchev–Trinajstić information content (AvgIpc) is 2.85. The summed E-state index contributed by atoms with van der Waals surface area (Å²) in [6, 6.07) is 3.20. The fraction of sp³-hybridized carbons (Fsp3) is 0.467. The highest BCUT2D eigenvalue weighted by Crippen LogP contribution is 2.24. The van der Waals surface area contributed by atoms with E-state index in [1.165, 1.54) is 6.20 Å². The number of carbonyl (C=O) groups is 1. The number of amides is 1. The summed E-state index contributed by atoms with van der Waals surface area (Å²) >= 11 is 0. The van der Waals surface area contributed by atoms with Crippen molar-refractivity contribution < 1.29 is 15.0 Å². The summed E-state index contributed by atoms with van der Waals surface area (Å²) < 4.78 is 0. The lowest BCUT2D eigenvalue weighted by atomic mass is 10.0. The van der Waals surface area contributed by atoms with Crippen molar-refractivity contribution in [2.75, 3.05) is 19.8 Å². The Labute approximate surface area is 118 Å². The van der Waals surface area contributed by atoms with Crippen LogP contribution in [0.4, 0.5) is 0 Å². The molecule has 0 aliphatic carbocycles. The zero-order chi connectivity index (χ0) is 14.5. The minimum Gasteiger partial charge on any atom is -0.394 e. The quantitative estimate of drug-likeness (QED) is 0.759. The summed E-state index contributed by atoms with van der Waals surface area (Å²) in [7, 11) is 0. The van der Waals surface area contributed by atoms with Crippen LogP contribution < -0.4 is 0 Å². The molecule has 1 aliphatic heterocycles. The van der Waals surface area contributed by atoms with E-state index in [1.807, 2.05) is 6.92 Å². The first-order valence-electron chi connectivity index (χ1n) is 6.65. The van der Waals surface area contributed by atoms with Crippen LogP contribution in [0.2, 0.25) is 0 Å². The Kier molecular flexibility index (Phi) is 4.72. The van der Waals surface area contributed by atoms with E-state index in [9.17, 15) is 9.90 Å². The molecular weight excluding hydrogens is 256 g/mol. The third kappa shape index (κ3) is 2.98. The van der Waals surface area contributed by atoms with Gasteiger partial charge in [-0.05, 0) is 24.5 Å². The molecule has 2 N–H and O–H groups in total. The highest BCUT2D eigenvalue weighted by atomic mass is 16.3. The summed E-state index contributed by atoms with van der Waals surface area (Å²) in [6.45, 7) is 2.46. The van der Waals surface area contributed by atoms with E-state index in [0.717, 1.165) is 6.42 Å². The van der Waals surface area contributed by atoms with Gasteiger partial charge in [0.05, 0.1) is 12.6 Å². The molecule has 0 aromatic carbocycles. The molecule has 2 rings (SSSR count). The lowest BCUT2D eigenvalue weighted by Gasteiger charge is -2.24. The van der Waals surface area contributed by atoms with Crippen LogP contribution >= 0.6 is 0 Å². The molecule has 1 fully saturated rings. The van der Waals surface area contributed by atoms with Crippen molar-refractivity contribution in [1.82, 2.24) is 9.88 Å². The Bertz CT molecular complexity index is 530. The lowest BCUT2D eigenvalue weighted by Crippen LogP contribution is -2.40. The van der Waals surface area contributed by atoms with Gasteiger partial charge in [0, 0.05) is 18.3 Å². The molecule has 2 atom stereocenters. The smallest absolute Gasteiger partial charge is 0.272 e. The first-order chi connectivity index (χ1) is 9.67. The molecule has 1 saturated heterocycles. The number of aromatic nitrogens is 1. The predicted octanol–water partition coefficient (Wildman–Crippen LogP) is 0.268. The van der Waals surface area contributed by atoms with Gasteiger partial charge in [-0.15, -0.1) is 0 Å². The second kappa shape index (κ2) is 6.51. The zero-order valence-corrected chi connectivity index (χ0v) is 11.4. The molecule has 20 heavy (non-hydrogen) atoms. The Morgan fingerprint density at radius 2 is 2.30 bits per heavy atom. The topological polar surface area (TPSA) is 73.7 Å². The maximum absolute atomic E-state index is 12.4. The van der Waals surface area contributed by atoms with E-state index in [4.69, 9.17) is 5.11 Å². The molecule has 2 unspecified atom stereocenters. The van der Waals surface area contributed by atoms with Crippen LogP contribution in [0, 0.1) is 17.8 Å². The van der Waals surface area contributed by atoms with Gasteiger partial charge < -0.3 is 15.1 Å². The Hall–Kier alpha value is -1.90. The highest BCUT2D eigenvalue weighted by Gasteiger charge is 2.34. The number of hydrogen-bond acceptors (Lipinski definition) is 4. The molecular formula is C15H18N2O3. The summed E-state index contributed by atoms with van der Waals surface area (Å²) in [5, 5.41) is 18.0. The van der Waals surface area contributed by atoms with Gasteiger partial charge in [-0.1, -0.05) is 18.8 Å². The number of pyridine rings is 1. The summed E-state index contributed by atoms with van der Waals surface area (Å²) in [6.07, 6.45) is 2.42. The largest absolute Gasteiger partial charge is 0.394 e. The van der Waals surface area contributed by atoms with Crippen molar-refractivity contribution >= 4 is 5.91 Å². The first kappa shape index (κ1) is 14.5. The van der Waals surface area contributed by atoms with Crippen LogP contribution in [-0.2, 0) is 0 Å². The molecule has 5 nitrogen and oxygen atoms in total. The fourth-order valence-corrected chi connectivity index (χ4v) is 2.42. The first-order valence-corrected chi connectivity index (χ1v) is 6.65. The molecule has 1 aliphatic rings. The van der Waals surface area contributed by atoms with Crippen molar-refractivity contribution in [2.24, 2.45) is 5.92 Å². The minimum absolute atomic E-state index is 0.0209. The third-order valence-electron chi connectivity index (χ3n) is 3.62. The van der Waals surface area contributed by atoms with Gasteiger partial charge in [0.25, 0.3) is 5.91 Å². The fourth-order valence-electron chi connectivity index (χ4n) is 2.42. The summed E-state index contributed by atoms with van der Waals surface area (Å²) in [5.41, 5.74) is 1.01. The molecule has 5 heteroatoms. The number of carbonyl (C=O) groups excluding carboxylic acids is 1. The minimum atomic E-state index is -0.204. The van der Waals surface area contributed by atoms with E-state index in [1.54, 1.807) is 17.0 Å². The molecule has 0 saturated carbocycles. The van der Waals surface area contributed by atoms with Gasteiger partial charge in [-0.3, -0.25) is 4.79 Å². The van der Waals surface area contributed by atoms with Crippen molar-refractivity contribution in [3.05, 3.63) is 29.6 Å². The van der Waals surface area contributed by atoms with Crippen LogP contribution in [0.3, 0.4) is 0 Å². The standard InChI is InChI=1S/C15H18N2O3/c1-11-6-7-17(14(11)10-19)15(20)13-5-4-12(9-16-13)3-2-8-18/h4-5,9,11,14,18-19H,6-8,10H2,1H3. The summed E-state index contributed by atoms with van der Waals surface area (Å²) in [5.74, 6) is 5.40. The van der Waals surface area contributed by atoms with Crippen molar-refractivity contribution in [1.29, 1.82) is 0 Å². The molecule has 1 amide bonds. The van der Waals surface area contributed by atoms with Crippen molar-refractivity contribution in [2.45, 2.75) is 19.4 Å². The molecule has 1 aromatic rings. The zero-order valence-electron chi connectivity index (χ0n) is 11.4. The van der Waals surface area contributed by atoms with E-state index >= 15 is 0 Å². The number of hydrogen-bond donors (Lipinski definition) is 2. The van der Waals surface area contributed by atoms with Crippen LogP contribution in [-0.4, -0.2) is 51.8 Å². The van der Waals surface area contributed by atoms with Gasteiger partial charge in [0.15, 0.2) is 0 Å². The Morgan fingerprint density at radius 3 is 2.90 bits per heavy atom. The van der Waals surface area contributed by atoms with E-state index in [2.05, 4.69) is 16.8 Å². The lowest BCUT2D eigenvalue weighted by molar-refractivity contribution is 0.0642. The number of rotatable bonds is 2.